The minimum absolute atomic E-state index is 0.689. The molecule has 0 aliphatic rings. The molecule has 0 saturated heterocycles. The molecule has 0 bridgehead atoms. The number of rotatable bonds is 9. The van der Waals surface area contributed by atoms with Crippen molar-refractivity contribution in [3.05, 3.63) is 25.3 Å². The molecule has 0 aromatic rings. The third kappa shape index (κ3) is 9.88. The van der Waals surface area contributed by atoms with Gasteiger partial charge in [0.2, 0.25) is 0 Å². The molecule has 0 heterocycles. The molecule has 0 radical (unpaired) electrons. The number of allylic oxidation sites excluding steroid dienone is 2. The zero-order valence-corrected chi connectivity index (χ0v) is 10.1. The Hall–Kier alpha value is -0.0400. The third-order valence-corrected chi connectivity index (χ3v) is 3.03. The minimum atomic E-state index is 0.689. The Balaban J connectivity index is 3.11. The van der Waals surface area contributed by atoms with E-state index in [1.54, 1.807) is 0 Å². The lowest BCUT2D eigenvalue weighted by atomic mass is 10.1. The van der Waals surface area contributed by atoms with Crippen molar-refractivity contribution in [1.29, 1.82) is 0 Å². The molecule has 0 saturated carbocycles. The molecule has 76 valence electrons. The first-order valence-corrected chi connectivity index (χ1v) is 6.08. The summed E-state index contributed by atoms with van der Waals surface area (Å²) in [5.74, 6) is 0. The molecule has 0 amide bonds. The Kier molecular flexibility index (Phi) is 10.0. The fraction of sp³-hybridized carbons (Fsp3) is 0.667. The van der Waals surface area contributed by atoms with Crippen molar-refractivity contribution in [3.63, 3.8) is 0 Å². The number of hydrogen-bond acceptors (Lipinski definition) is 0. The monoisotopic (exact) mass is 244 g/mol. The van der Waals surface area contributed by atoms with Crippen LogP contribution >= 0.6 is 15.9 Å². The first-order chi connectivity index (χ1) is 6.31. The molecule has 0 spiro atoms. The number of halogens is 1. The normalized spacial score (nSPS) is 12.4. The smallest absolute Gasteiger partial charge is 0.0148 e. The summed E-state index contributed by atoms with van der Waals surface area (Å²) < 4.78 is 0. The van der Waals surface area contributed by atoms with Gasteiger partial charge in [0, 0.05) is 4.83 Å². The van der Waals surface area contributed by atoms with Gasteiger partial charge in [-0.2, -0.15) is 0 Å². The van der Waals surface area contributed by atoms with Crippen LogP contribution in [0.4, 0.5) is 0 Å². The van der Waals surface area contributed by atoms with Gasteiger partial charge in [-0.05, 0) is 32.1 Å². The lowest BCUT2D eigenvalue weighted by Crippen LogP contribution is -1.96. The van der Waals surface area contributed by atoms with E-state index in [9.17, 15) is 0 Å². The first-order valence-electron chi connectivity index (χ1n) is 5.17. The van der Waals surface area contributed by atoms with Crippen LogP contribution in [-0.4, -0.2) is 4.83 Å². The van der Waals surface area contributed by atoms with Crippen LogP contribution in [0.1, 0.15) is 44.9 Å². The van der Waals surface area contributed by atoms with Gasteiger partial charge in [0.05, 0.1) is 0 Å². The predicted molar refractivity (Wildman–Crippen MR) is 65.4 cm³/mol. The molecular weight excluding hydrogens is 224 g/mol. The highest BCUT2D eigenvalue weighted by Crippen LogP contribution is 2.16. The largest absolute Gasteiger partial charge is 0.103 e. The van der Waals surface area contributed by atoms with Gasteiger partial charge in [-0.3, -0.25) is 0 Å². The maximum atomic E-state index is 3.72. The summed E-state index contributed by atoms with van der Waals surface area (Å²) in [7, 11) is 0. The quantitative estimate of drug-likeness (QED) is 0.309. The Morgan fingerprint density at radius 2 is 1.62 bits per heavy atom. The van der Waals surface area contributed by atoms with Gasteiger partial charge in [-0.25, -0.2) is 0 Å². The van der Waals surface area contributed by atoms with E-state index in [-0.39, 0.29) is 0 Å². The molecule has 13 heavy (non-hydrogen) atoms. The summed E-state index contributed by atoms with van der Waals surface area (Å²) in [5, 5.41) is 0. The molecule has 0 nitrogen and oxygen atoms in total. The van der Waals surface area contributed by atoms with E-state index in [0.29, 0.717) is 4.83 Å². The van der Waals surface area contributed by atoms with Gasteiger partial charge < -0.3 is 0 Å². The Morgan fingerprint density at radius 3 is 2.23 bits per heavy atom. The minimum Gasteiger partial charge on any atom is -0.103 e. The molecule has 0 aliphatic carbocycles. The van der Waals surface area contributed by atoms with Crippen LogP contribution < -0.4 is 0 Å². The van der Waals surface area contributed by atoms with Crippen LogP contribution in [-0.2, 0) is 0 Å². The second-order valence-corrected chi connectivity index (χ2v) is 4.68. The third-order valence-electron chi connectivity index (χ3n) is 2.11. The molecule has 0 aromatic heterocycles. The van der Waals surface area contributed by atoms with E-state index in [0.717, 1.165) is 6.42 Å². The van der Waals surface area contributed by atoms with Gasteiger partial charge in [0.15, 0.2) is 0 Å². The van der Waals surface area contributed by atoms with Crippen molar-refractivity contribution in [2.24, 2.45) is 0 Å². The van der Waals surface area contributed by atoms with Gasteiger partial charge in [-0.15, -0.1) is 13.2 Å². The average molecular weight is 245 g/mol. The van der Waals surface area contributed by atoms with Crippen LogP contribution in [0.3, 0.4) is 0 Å². The molecule has 0 aromatic carbocycles. The van der Waals surface area contributed by atoms with Crippen LogP contribution in [0, 0.1) is 0 Å². The number of unbranched alkanes of at least 4 members (excludes halogenated alkanes) is 3. The van der Waals surface area contributed by atoms with Crippen LogP contribution in [0.25, 0.3) is 0 Å². The van der Waals surface area contributed by atoms with Crippen LogP contribution in [0.2, 0.25) is 0 Å². The van der Waals surface area contributed by atoms with Gasteiger partial charge in [0.25, 0.3) is 0 Å². The van der Waals surface area contributed by atoms with Gasteiger partial charge >= 0.3 is 0 Å². The summed E-state index contributed by atoms with van der Waals surface area (Å²) in [4.78, 5) is 0.689. The zero-order valence-electron chi connectivity index (χ0n) is 8.47. The van der Waals surface area contributed by atoms with Gasteiger partial charge in [-0.1, -0.05) is 40.9 Å². The second kappa shape index (κ2) is 10.0. The zero-order chi connectivity index (χ0) is 9.94. The summed E-state index contributed by atoms with van der Waals surface area (Å²) in [6.45, 7) is 7.44. The second-order valence-electron chi connectivity index (χ2n) is 3.39. The average Bonchev–Trinajstić information content (AvgIpc) is 2.14. The summed E-state index contributed by atoms with van der Waals surface area (Å²) in [6.07, 6.45) is 12.8. The van der Waals surface area contributed by atoms with Crippen molar-refractivity contribution < 1.29 is 0 Å². The molecule has 0 rings (SSSR count). The molecule has 0 N–H and O–H groups in total. The fourth-order valence-corrected chi connectivity index (χ4v) is 1.86. The number of alkyl halides is 1. The van der Waals surface area contributed by atoms with Crippen LogP contribution in [0.15, 0.2) is 25.3 Å². The van der Waals surface area contributed by atoms with Crippen molar-refractivity contribution in [3.8, 4) is 0 Å². The van der Waals surface area contributed by atoms with E-state index in [4.69, 9.17) is 0 Å². The Morgan fingerprint density at radius 1 is 0.923 bits per heavy atom. The van der Waals surface area contributed by atoms with Crippen molar-refractivity contribution in [1.82, 2.24) is 0 Å². The van der Waals surface area contributed by atoms with Crippen molar-refractivity contribution in [2.75, 3.05) is 0 Å². The molecule has 1 unspecified atom stereocenters. The summed E-state index contributed by atoms with van der Waals surface area (Å²) >= 11 is 3.68. The first kappa shape index (κ1) is 13.0. The molecular formula is C12H21Br. The SMILES string of the molecule is C=CCCCCCC(Br)CCC=C. The predicted octanol–water partition coefficient (Wildman–Crippen LogP) is 4.85. The Bertz CT molecular complexity index is 129. The van der Waals surface area contributed by atoms with Crippen molar-refractivity contribution in [2.45, 2.75) is 49.8 Å². The van der Waals surface area contributed by atoms with Crippen LogP contribution in [0.5, 0.6) is 0 Å². The highest BCUT2D eigenvalue weighted by atomic mass is 79.9. The van der Waals surface area contributed by atoms with Crippen molar-refractivity contribution >= 4 is 15.9 Å². The maximum Gasteiger partial charge on any atom is 0.0148 e. The topological polar surface area (TPSA) is 0 Å². The van der Waals surface area contributed by atoms with E-state index in [2.05, 4.69) is 29.1 Å². The number of hydrogen-bond donors (Lipinski definition) is 0. The Labute approximate surface area is 91.2 Å². The maximum absolute atomic E-state index is 3.72. The highest BCUT2D eigenvalue weighted by Gasteiger charge is 2.01. The standard InChI is InChI=1S/C12H21Br/c1-3-5-7-8-9-11-12(13)10-6-4-2/h3-4,12H,1-2,5-11H2. The van der Waals surface area contributed by atoms with E-state index in [1.807, 2.05) is 12.2 Å². The summed E-state index contributed by atoms with van der Waals surface area (Å²) in [5.41, 5.74) is 0. The van der Waals surface area contributed by atoms with E-state index in [1.165, 1.54) is 38.5 Å². The van der Waals surface area contributed by atoms with E-state index >= 15 is 0 Å². The molecule has 0 aliphatic heterocycles. The lowest BCUT2D eigenvalue weighted by Gasteiger charge is -2.07. The lowest BCUT2D eigenvalue weighted by molar-refractivity contribution is 0.616. The summed E-state index contributed by atoms with van der Waals surface area (Å²) in [6, 6.07) is 0. The fourth-order valence-electron chi connectivity index (χ4n) is 1.27. The molecule has 1 heteroatoms. The molecule has 1 atom stereocenters. The van der Waals surface area contributed by atoms with Gasteiger partial charge in [0.1, 0.15) is 0 Å². The van der Waals surface area contributed by atoms with E-state index < -0.39 is 0 Å². The molecule has 0 fully saturated rings. The highest BCUT2D eigenvalue weighted by molar-refractivity contribution is 9.09.